The van der Waals surface area contributed by atoms with Crippen LogP contribution in [0.2, 0.25) is 0 Å². The van der Waals surface area contributed by atoms with E-state index in [-0.39, 0.29) is 29.7 Å². The first kappa shape index (κ1) is 28.8. The van der Waals surface area contributed by atoms with Gasteiger partial charge >= 0.3 is 6.18 Å². The summed E-state index contributed by atoms with van der Waals surface area (Å²) in [5, 5.41) is 6.16. The lowest BCUT2D eigenvalue weighted by atomic mass is 9.97. The van der Waals surface area contributed by atoms with Crippen LogP contribution in [0.1, 0.15) is 79.3 Å². The van der Waals surface area contributed by atoms with Gasteiger partial charge in [-0.3, -0.25) is 9.69 Å². The fourth-order valence-corrected chi connectivity index (χ4v) is 4.91. The van der Waals surface area contributed by atoms with E-state index in [1.165, 1.54) is 25.0 Å². The van der Waals surface area contributed by atoms with Crippen LogP contribution in [0.3, 0.4) is 0 Å². The van der Waals surface area contributed by atoms with Crippen molar-refractivity contribution in [3.8, 4) is 5.69 Å². The summed E-state index contributed by atoms with van der Waals surface area (Å²) in [5.74, 6) is -0.838. The van der Waals surface area contributed by atoms with Crippen molar-refractivity contribution in [3.63, 3.8) is 0 Å². The van der Waals surface area contributed by atoms with Crippen LogP contribution in [-0.4, -0.2) is 33.7 Å². The number of carbonyl (C=O) groups excluding carboxylic acids is 1. The Hall–Kier alpha value is -3.24. The van der Waals surface area contributed by atoms with Gasteiger partial charge in [0, 0.05) is 18.7 Å². The van der Waals surface area contributed by atoms with Gasteiger partial charge in [0.2, 0.25) is 0 Å². The van der Waals surface area contributed by atoms with Crippen molar-refractivity contribution in [2.45, 2.75) is 64.7 Å². The van der Waals surface area contributed by atoms with Crippen molar-refractivity contribution in [1.82, 2.24) is 14.7 Å². The topological polar surface area (TPSA) is 76.2 Å². The maximum atomic E-state index is 14.9. The molecule has 1 amide bonds. The molecular weight excluding hydrogens is 510 g/mol. The van der Waals surface area contributed by atoms with Gasteiger partial charge < -0.3 is 11.1 Å². The summed E-state index contributed by atoms with van der Waals surface area (Å²) in [6, 6.07) is 11.8. The van der Waals surface area contributed by atoms with Crippen LogP contribution in [-0.2, 0) is 12.7 Å². The Balaban J connectivity index is 1.67. The van der Waals surface area contributed by atoms with Gasteiger partial charge in [0.25, 0.3) is 5.91 Å². The Kier molecular flexibility index (Phi) is 9.07. The third-order valence-corrected chi connectivity index (χ3v) is 7.15. The molecule has 10 heteroatoms. The number of hydrogen-bond acceptors (Lipinski definition) is 4. The lowest BCUT2D eigenvalue weighted by Gasteiger charge is -2.31. The summed E-state index contributed by atoms with van der Waals surface area (Å²) in [6.45, 7) is 6.06. The third kappa shape index (κ3) is 7.05. The van der Waals surface area contributed by atoms with Crippen LogP contribution in [0, 0.1) is 11.7 Å². The molecule has 4 rings (SSSR count). The summed E-state index contributed by atoms with van der Waals surface area (Å²) in [6.07, 6.45) is 0.657. The Morgan fingerprint density at radius 1 is 1.18 bits per heavy atom. The Labute approximate surface area is 226 Å². The van der Waals surface area contributed by atoms with Crippen LogP contribution in [0.25, 0.3) is 5.69 Å². The highest BCUT2D eigenvalue weighted by Gasteiger charge is 2.36. The molecule has 1 aromatic heterocycles. The molecule has 2 aromatic carbocycles. The minimum absolute atomic E-state index is 0.0492. The van der Waals surface area contributed by atoms with E-state index in [1.54, 1.807) is 30.3 Å². The van der Waals surface area contributed by atoms with Crippen LogP contribution in [0.4, 0.5) is 23.2 Å². The fraction of sp³-hybridized carbons (Fsp3) is 0.448. The lowest BCUT2D eigenvalue weighted by molar-refractivity contribution is -0.141. The Morgan fingerprint density at radius 3 is 2.59 bits per heavy atom. The number of hydrogen-bond donors (Lipinski definition) is 2. The molecule has 1 fully saturated rings. The van der Waals surface area contributed by atoms with Crippen molar-refractivity contribution in [3.05, 3.63) is 76.9 Å². The van der Waals surface area contributed by atoms with Crippen molar-refractivity contribution < 1.29 is 22.4 Å². The maximum absolute atomic E-state index is 14.9. The molecule has 210 valence electrons. The number of nitrogens with zero attached hydrogens (tertiary/aromatic N) is 3. The largest absolute Gasteiger partial charge is 0.435 e. The minimum atomic E-state index is -4.77. The van der Waals surface area contributed by atoms with E-state index in [2.05, 4.69) is 29.2 Å². The van der Waals surface area contributed by atoms with E-state index < -0.39 is 23.6 Å². The number of anilines is 1. The third-order valence-electron chi connectivity index (χ3n) is 7.15. The molecule has 3 aromatic rings. The number of carbonyl (C=O) groups is 1. The van der Waals surface area contributed by atoms with E-state index in [4.69, 9.17) is 5.73 Å². The summed E-state index contributed by atoms with van der Waals surface area (Å²) in [4.78, 5) is 15.7. The van der Waals surface area contributed by atoms with Crippen LogP contribution in [0.15, 0.2) is 48.5 Å². The normalized spacial score (nSPS) is 14.6. The van der Waals surface area contributed by atoms with Crippen molar-refractivity contribution in [1.29, 1.82) is 0 Å². The number of nitrogens with one attached hydrogen (secondary N) is 1. The number of amides is 1. The Morgan fingerprint density at radius 2 is 1.95 bits per heavy atom. The molecule has 0 spiro atoms. The molecule has 0 bridgehead atoms. The smallest absolute Gasteiger partial charge is 0.326 e. The van der Waals surface area contributed by atoms with Gasteiger partial charge in [-0.25, -0.2) is 9.07 Å². The quantitative estimate of drug-likeness (QED) is 0.248. The Bertz CT molecular complexity index is 1280. The monoisotopic (exact) mass is 545 g/mol. The molecule has 3 N–H and O–H groups in total. The highest BCUT2D eigenvalue weighted by Crippen LogP contribution is 2.38. The molecular formula is C29H35F4N5O. The highest BCUT2D eigenvalue weighted by atomic mass is 19.4. The van der Waals surface area contributed by atoms with Gasteiger partial charge in [0.05, 0.1) is 11.4 Å². The molecule has 1 heterocycles. The minimum Gasteiger partial charge on any atom is -0.326 e. The van der Waals surface area contributed by atoms with Gasteiger partial charge in [-0.05, 0) is 73.7 Å². The van der Waals surface area contributed by atoms with Gasteiger partial charge in [-0.1, -0.05) is 44.9 Å². The number of aromatic nitrogens is 2. The number of alkyl halides is 3. The molecule has 0 radical (unpaired) electrons. The molecule has 0 saturated heterocycles. The number of halogens is 4. The summed E-state index contributed by atoms with van der Waals surface area (Å²) >= 11 is 0. The second-order valence-electron chi connectivity index (χ2n) is 10.1. The lowest BCUT2D eigenvalue weighted by Crippen LogP contribution is -2.30. The van der Waals surface area contributed by atoms with E-state index in [1.807, 2.05) is 0 Å². The van der Waals surface area contributed by atoms with Crippen LogP contribution < -0.4 is 11.1 Å². The molecule has 1 unspecified atom stereocenters. The first-order valence-electron chi connectivity index (χ1n) is 13.5. The molecule has 0 aliphatic heterocycles. The van der Waals surface area contributed by atoms with Crippen LogP contribution in [0.5, 0.6) is 0 Å². The van der Waals surface area contributed by atoms with Gasteiger partial charge in [0.1, 0.15) is 11.5 Å². The number of rotatable bonds is 12. The predicted octanol–water partition coefficient (Wildman–Crippen LogP) is 6.70. The SMILES string of the molecule is CCCN(CC)C(CCC1CC1)c1ccc(F)c(NC(=O)c2cc(C(F)(F)F)nn2-c2cccc(CN)c2)c1. The first-order valence-corrected chi connectivity index (χ1v) is 13.5. The second kappa shape index (κ2) is 12.3. The van der Waals surface area contributed by atoms with Crippen molar-refractivity contribution in [2.75, 3.05) is 18.4 Å². The zero-order valence-corrected chi connectivity index (χ0v) is 22.3. The van der Waals surface area contributed by atoms with E-state index in [0.29, 0.717) is 11.6 Å². The molecule has 1 aliphatic carbocycles. The van der Waals surface area contributed by atoms with Gasteiger partial charge in [0.15, 0.2) is 5.69 Å². The van der Waals surface area contributed by atoms with Gasteiger partial charge in [-0.15, -0.1) is 0 Å². The molecule has 1 aliphatic rings. The summed E-state index contributed by atoms with van der Waals surface area (Å²) in [7, 11) is 0. The second-order valence-corrected chi connectivity index (χ2v) is 10.1. The van der Waals surface area contributed by atoms with Crippen molar-refractivity contribution in [2.24, 2.45) is 11.7 Å². The predicted molar refractivity (Wildman–Crippen MR) is 143 cm³/mol. The van der Waals surface area contributed by atoms with E-state index in [9.17, 15) is 22.4 Å². The summed E-state index contributed by atoms with van der Waals surface area (Å²) in [5.41, 5.74) is 5.77. The standard InChI is InChI=1S/C29H35F4N5O/c1-3-14-37(4-2)25(13-10-19-8-9-19)21-11-12-23(30)24(16-21)35-28(39)26-17-27(29(31,32)33)36-38(26)22-7-5-6-20(15-22)18-34/h5-7,11-12,15-17,19,25H,3-4,8-10,13-14,18,34H2,1-2H3,(H,35,39). The summed E-state index contributed by atoms with van der Waals surface area (Å²) < 4.78 is 56.5. The molecule has 1 saturated carbocycles. The molecule has 6 nitrogen and oxygen atoms in total. The zero-order chi connectivity index (χ0) is 28.2. The highest BCUT2D eigenvalue weighted by molar-refractivity contribution is 6.03. The molecule has 1 atom stereocenters. The first-order chi connectivity index (χ1) is 18.6. The number of nitrogens with two attached hydrogens (primary N) is 1. The molecule has 39 heavy (non-hydrogen) atoms. The average molecular weight is 546 g/mol. The van der Waals surface area contributed by atoms with Gasteiger partial charge in [-0.2, -0.15) is 18.3 Å². The van der Waals surface area contributed by atoms with Crippen molar-refractivity contribution >= 4 is 11.6 Å². The van der Waals surface area contributed by atoms with E-state index in [0.717, 1.165) is 48.5 Å². The maximum Gasteiger partial charge on any atom is 0.435 e. The zero-order valence-electron chi connectivity index (χ0n) is 22.3. The number of benzene rings is 2. The van der Waals surface area contributed by atoms with E-state index >= 15 is 0 Å². The average Bonchev–Trinajstić information content (AvgIpc) is 3.62. The fourth-order valence-electron chi connectivity index (χ4n) is 4.91. The van der Waals surface area contributed by atoms with Crippen LogP contribution >= 0.6 is 0 Å².